The summed E-state index contributed by atoms with van der Waals surface area (Å²) in [5.41, 5.74) is 4.36. The molecule has 0 bridgehead atoms. The van der Waals surface area contributed by atoms with Gasteiger partial charge in [0.2, 0.25) is 0 Å². The van der Waals surface area contributed by atoms with Crippen molar-refractivity contribution in [3.63, 3.8) is 0 Å². The standard InChI is InChI=1S/C24H31N7O/c1-24(2,3)19-6-4-17(5-7-19)12-30-13-18(10-25-30)11-29-14-20(15-29)26-23(32)22-16-31(28-27-22)21-8-9-21/h4-7,10,13,16,20-21H,8-9,11-12,14-15H2,1-3H3,(H,26,32). The third-order valence-electron chi connectivity index (χ3n) is 6.21. The van der Waals surface area contributed by atoms with Gasteiger partial charge in [0.15, 0.2) is 5.69 Å². The van der Waals surface area contributed by atoms with Gasteiger partial charge in [0.1, 0.15) is 0 Å². The van der Waals surface area contributed by atoms with Crippen molar-refractivity contribution in [1.29, 1.82) is 0 Å². The molecule has 1 aliphatic carbocycles. The number of carbonyl (C=O) groups excluding carboxylic acids is 1. The molecule has 1 aromatic carbocycles. The molecular weight excluding hydrogens is 402 g/mol. The van der Waals surface area contributed by atoms with Gasteiger partial charge in [-0.3, -0.25) is 14.4 Å². The molecule has 168 valence electrons. The van der Waals surface area contributed by atoms with Crippen LogP contribution in [0.2, 0.25) is 0 Å². The summed E-state index contributed by atoms with van der Waals surface area (Å²) in [6.45, 7) is 9.97. The van der Waals surface area contributed by atoms with Gasteiger partial charge in [-0.15, -0.1) is 5.10 Å². The maximum atomic E-state index is 12.4. The minimum absolute atomic E-state index is 0.133. The summed E-state index contributed by atoms with van der Waals surface area (Å²) in [6, 6.07) is 9.39. The molecule has 1 N–H and O–H groups in total. The molecule has 1 amide bonds. The lowest BCUT2D eigenvalue weighted by Gasteiger charge is -2.39. The van der Waals surface area contributed by atoms with Gasteiger partial charge in [-0.25, -0.2) is 4.68 Å². The maximum Gasteiger partial charge on any atom is 0.273 e. The average molecular weight is 434 g/mol. The van der Waals surface area contributed by atoms with Crippen LogP contribution in [0.15, 0.2) is 42.9 Å². The number of rotatable bonds is 7. The summed E-state index contributed by atoms with van der Waals surface area (Å²) in [7, 11) is 0. The first-order valence-corrected chi connectivity index (χ1v) is 11.4. The first kappa shape index (κ1) is 20.9. The van der Waals surface area contributed by atoms with E-state index in [0.717, 1.165) is 39.0 Å². The van der Waals surface area contributed by atoms with Crippen molar-refractivity contribution < 1.29 is 4.79 Å². The summed E-state index contributed by atoms with van der Waals surface area (Å²) >= 11 is 0. The number of hydrogen-bond acceptors (Lipinski definition) is 5. The fourth-order valence-electron chi connectivity index (χ4n) is 4.08. The van der Waals surface area contributed by atoms with E-state index in [4.69, 9.17) is 0 Å². The predicted octanol–water partition coefficient (Wildman–Crippen LogP) is 2.77. The Hall–Kier alpha value is -3.00. The molecule has 2 aromatic heterocycles. The monoisotopic (exact) mass is 433 g/mol. The zero-order valence-corrected chi connectivity index (χ0v) is 19.0. The lowest BCUT2D eigenvalue weighted by Crippen LogP contribution is -2.58. The van der Waals surface area contributed by atoms with E-state index in [0.29, 0.717) is 11.7 Å². The van der Waals surface area contributed by atoms with Crippen molar-refractivity contribution in [3.05, 3.63) is 65.2 Å². The Morgan fingerprint density at radius 2 is 1.81 bits per heavy atom. The molecule has 1 saturated carbocycles. The lowest BCUT2D eigenvalue weighted by atomic mass is 9.87. The van der Waals surface area contributed by atoms with Crippen LogP contribution < -0.4 is 5.32 Å². The fourth-order valence-corrected chi connectivity index (χ4v) is 4.08. The Bertz CT molecular complexity index is 1080. The minimum atomic E-state index is -0.133. The van der Waals surface area contributed by atoms with E-state index in [9.17, 15) is 4.79 Å². The number of benzene rings is 1. The highest BCUT2D eigenvalue weighted by atomic mass is 16.2. The summed E-state index contributed by atoms with van der Waals surface area (Å²) in [4.78, 5) is 14.7. The molecule has 3 heterocycles. The highest BCUT2D eigenvalue weighted by Gasteiger charge is 2.30. The van der Waals surface area contributed by atoms with E-state index >= 15 is 0 Å². The van der Waals surface area contributed by atoms with Crippen molar-refractivity contribution in [1.82, 2.24) is 35.0 Å². The normalized spacial score (nSPS) is 17.3. The number of likely N-dealkylation sites (tertiary alicyclic amines) is 1. The summed E-state index contributed by atoms with van der Waals surface area (Å²) in [5.74, 6) is -0.133. The van der Waals surface area contributed by atoms with Gasteiger partial charge in [-0.1, -0.05) is 50.3 Å². The number of carbonyl (C=O) groups is 1. The molecule has 8 heteroatoms. The Morgan fingerprint density at radius 3 is 2.50 bits per heavy atom. The van der Waals surface area contributed by atoms with Crippen LogP contribution in [0.1, 0.15) is 66.8 Å². The number of aromatic nitrogens is 5. The average Bonchev–Trinajstić information content (AvgIpc) is 3.28. The zero-order chi connectivity index (χ0) is 22.3. The van der Waals surface area contributed by atoms with Crippen molar-refractivity contribution in [2.24, 2.45) is 0 Å². The molecule has 1 saturated heterocycles. The molecule has 0 atom stereocenters. The van der Waals surface area contributed by atoms with Gasteiger partial charge >= 0.3 is 0 Å². The molecule has 8 nitrogen and oxygen atoms in total. The molecule has 0 spiro atoms. The summed E-state index contributed by atoms with van der Waals surface area (Å²) < 4.78 is 3.79. The van der Waals surface area contributed by atoms with E-state index in [1.54, 1.807) is 10.9 Å². The van der Waals surface area contributed by atoms with Gasteiger partial charge in [-0.05, 0) is 29.4 Å². The SMILES string of the molecule is CC(C)(C)c1ccc(Cn2cc(CN3CC(NC(=O)c4cn(C5CC5)nn4)C3)cn2)cc1. The molecule has 32 heavy (non-hydrogen) atoms. The number of nitrogens with zero attached hydrogens (tertiary/aromatic N) is 6. The fraction of sp³-hybridized carbons (Fsp3) is 0.500. The van der Waals surface area contributed by atoms with Crippen molar-refractivity contribution in [2.45, 2.75) is 64.2 Å². The van der Waals surface area contributed by atoms with E-state index < -0.39 is 0 Å². The van der Waals surface area contributed by atoms with Crippen LogP contribution in [0.25, 0.3) is 0 Å². The van der Waals surface area contributed by atoms with Crippen LogP contribution in [0, 0.1) is 0 Å². The van der Waals surface area contributed by atoms with E-state index in [2.05, 4.69) is 76.9 Å². The largest absolute Gasteiger partial charge is 0.345 e. The molecule has 0 unspecified atom stereocenters. The predicted molar refractivity (Wildman–Crippen MR) is 121 cm³/mol. The second kappa shape index (κ2) is 8.16. The quantitative estimate of drug-likeness (QED) is 0.620. The number of amides is 1. The maximum absolute atomic E-state index is 12.4. The third-order valence-corrected chi connectivity index (χ3v) is 6.21. The molecule has 0 radical (unpaired) electrons. The highest BCUT2D eigenvalue weighted by Crippen LogP contribution is 2.33. The smallest absolute Gasteiger partial charge is 0.273 e. The highest BCUT2D eigenvalue weighted by molar-refractivity contribution is 5.92. The molecule has 1 aliphatic heterocycles. The van der Waals surface area contributed by atoms with Crippen LogP contribution >= 0.6 is 0 Å². The number of hydrogen-bond donors (Lipinski definition) is 1. The zero-order valence-electron chi connectivity index (χ0n) is 19.0. The van der Waals surface area contributed by atoms with Gasteiger partial charge in [0.05, 0.1) is 31.0 Å². The van der Waals surface area contributed by atoms with Gasteiger partial charge in [0.25, 0.3) is 5.91 Å². The molecule has 2 fully saturated rings. The topological polar surface area (TPSA) is 80.9 Å². The van der Waals surface area contributed by atoms with Crippen molar-refractivity contribution in [2.75, 3.05) is 13.1 Å². The number of nitrogens with one attached hydrogen (secondary N) is 1. The van der Waals surface area contributed by atoms with Crippen LogP contribution in [0.4, 0.5) is 0 Å². The Labute approximate surface area is 188 Å². The van der Waals surface area contributed by atoms with Crippen molar-refractivity contribution >= 4 is 5.91 Å². The van der Waals surface area contributed by atoms with Gasteiger partial charge in [0, 0.05) is 31.4 Å². The summed E-state index contributed by atoms with van der Waals surface area (Å²) in [5, 5.41) is 15.6. The minimum Gasteiger partial charge on any atom is -0.345 e. The van der Waals surface area contributed by atoms with Crippen LogP contribution in [0.3, 0.4) is 0 Å². The first-order chi connectivity index (χ1) is 15.3. The molecule has 2 aliphatic rings. The van der Waals surface area contributed by atoms with Gasteiger partial charge < -0.3 is 5.32 Å². The van der Waals surface area contributed by atoms with E-state index in [1.165, 1.54) is 16.7 Å². The third kappa shape index (κ3) is 4.75. The Morgan fingerprint density at radius 1 is 1.06 bits per heavy atom. The second-order valence-electron chi connectivity index (χ2n) is 10.2. The van der Waals surface area contributed by atoms with Crippen LogP contribution in [-0.4, -0.2) is 54.7 Å². The van der Waals surface area contributed by atoms with Gasteiger partial charge in [-0.2, -0.15) is 5.10 Å². The Balaban J connectivity index is 1.07. The van der Waals surface area contributed by atoms with E-state index in [1.807, 2.05) is 10.9 Å². The summed E-state index contributed by atoms with van der Waals surface area (Å²) in [6.07, 6.45) is 8.06. The lowest BCUT2D eigenvalue weighted by molar-refractivity contribution is 0.0790. The molecule has 5 rings (SSSR count). The Kier molecular flexibility index (Phi) is 5.33. The van der Waals surface area contributed by atoms with E-state index in [-0.39, 0.29) is 17.4 Å². The first-order valence-electron chi connectivity index (χ1n) is 11.4. The molecule has 3 aromatic rings. The second-order valence-corrected chi connectivity index (χ2v) is 10.2. The molecular formula is C24H31N7O. The van der Waals surface area contributed by atoms with Crippen molar-refractivity contribution in [3.8, 4) is 0 Å². The van der Waals surface area contributed by atoms with Crippen LogP contribution in [-0.2, 0) is 18.5 Å². The van der Waals surface area contributed by atoms with Crippen LogP contribution in [0.5, 0.6) is 0 Å².